The zero-order valence-electron chi connectivity index (χ0n) is 8.20. The largest absolute Gasteiger partial charge is 0.389 e. The van der Waals surface area contributed by atoms with E-state index in [-0.39, 0.29) is 6.10 Å². The van der Waals surface area contributed by atoms with Crippen molar-refractivity contribution in [1.29, 1.82) is 0 Å². The van der Waals surface area contributed by atoms with E-state index >= 15 is 0 Å². The molecule has 1 atom stereocenters. The second kappa shape index (κ2) is 3.80. The highest BCUT2D eigenvalue weighted by Crippen LogP contribution is 2.05. The normalized spacial score (nSPS) is 21.3. The number of β-amino-alcohol motifs (C(OH)–C–C–N with tert-alkyl or cyclic N) is 1. The minimum absolute atomic E-state index is 0.343. The summed E-state index contributed by atoms with van der Waals surface area (Å²) in [5, 5.41) is 12.4. The van der Waals surface area contributed by atoms with Crippen LogP contribution in [0.1, 0.15) is 11.1 Å². The van der Waals surface area contributed by atoms with E-state index in [1.807, 2.05) is 12.1 Å². The molecular weight excluding hydrogens is 176 g/mol. The number of amidine groups is 1. The highest BCUT2D eigenvalue weighted by atomic mass is 16.3. The van der Waals surface area contributed by atoms with Gasteiger partial charge < -0.3 is 10.4 Å². The summed E-state index contributed by atoms with van der Waals surface area (Å²) in [5.41, 5.74) is 2.33. The van der Waals surface area contributed by atoms with Gasteiger partial charge in [-0.15, -0.1) is 0 Å². The van der Waals surface area contributed by atoms with Gasteiger partial charge in [0, 0.05) is 12.1 Å². The number of nitrogens with zero attached hydrogens (tertiary/aromatic N) is 1. The Labute approximate surface area is 83.5 Å². The van der Waals surface area contributed by atoms with Crippen molar-refractivity contribution in [3.63, 3.8) is 0 Å². The van der Waals surface area contributed by atoms with Gasteiger partial charge in [0.15, 0.2) is 0 Å². The lowest BCUT2D eigenvalue weighted by Gasteiger charge is -2.19. The van der Waals surface area contributed by atoms with Gasteiger partial charge in [-0.2, -0.15) is 0 Å². The van der Waals surface area contributed by atoms with Crippen molar-refractivity contribution in [3.8, 4) is 0 Å². The molecule has 0 amide bonds. The van der Waals surface area contributed by atoms with Crippen LogP contribution in [0.15, 0.2) is 29.3 Å². The van der Waals surface area contributed by atoms with E-state index in [2.05, 4.69) is 29.4 Å². The number of benzene rings is 1. The third-order valence-electron chi connectivity index (χ3n) is 2.29. The molecule has 1 aromatic carbocycles. The Bertz CT molecular complexity index is 343. The molecule has 1 aromatic rings. The van der Waals surface area contributed by atoms with Crippen molar-refractivity contribution in [2.45, 2.75) is 13.0 Å². The number of hydrogen-bond acceptors (Lipinski definition) is 3. The zero-order valence-corrected chi connectivity index (χ0v) is 8.20. The third kappa shape index (κ3) is 1.93. The van der Waals surface area contributed by atoms with E-state index < -0.39 is 0 Å². The molecule has 0 fully saturated rings. The van der Waals surface area contributed by atoms with Gasteiger partial charge in [0.2, 0.25) is 0 Å². The molecule has 1 aliphatic heterocycles. The van der Waals surface area contributed by atoms with Crippen LogP contribution in [0, 0.1) is 6.92 Å². The van der Waals surface area contributed by atoms with E-state index in [0.717, 1.165) is 11.4 Å². The molecule has 0 saturated heterocycles. The molecule has 1 heterocycles. The Morgan fingerprint density at radius 1 is 1.36 bits per heavy atom. The molecule has 0 saturated carbocycles. The zero-order chi connectivity index (χ0) is 9.97. The smallest absolute Gasteiger partial charge is 0.128 e. The predicted octanol–water partition coefficient (Wildman–Crippen LogP) is 0.706. The molecule has 0 spiro atoms. The topological polar surface area (TPSA) is 44.6 Å². The standard InChI is InChI=1S/C11H14N2O/c1-8-2-4-9(5-3-8)11-12-6-10(14)7-13-11/h2-5,10,14H,6-7H2,1H3,(H,12,13). The Kier molecular flexibility index (Phi) is 2.50. The van der Waals surface area contributed by atoms with Gasteiger partial charge in [0.25, 0.3) is 0 Å². The van der Waals surface area contributed by atoms with Gasteiger partial charge in [-0.25, -0.2) is 0 Å². The number of aryl methyl sites for hydroxylation is 1. The molecule has 1 aliphatic rings. The van der Waals surface area contributed by atoms with Crippen LogP contribution in [0.2, 0.25) is 0 Å². The quantitative estimate of drug-likeness (QED) is 0.685. The minimum atomic E-state index is -0.343. The van der Waals surface area contributed by atoms with Crippen LogP contribution >= 0.6 is 0 Å². The molecule has 0 bridgehead atoms. The first-order valence-electron chi connectivity index (χ1n) is 4.79. The van der Waals surface area contributed by atoms with Crippen molar-refractivity contribution in [3.05, 3.63) is 35.4 Å². The molecule has 0 aliphatic carbocycles. The summed E-state index contributed by atoms with van der Waals surface area (Å²) in [6.45, 7) is 3.15. The molecule has 2 N–H and O–H groups in total. The second-order valence-corrected chi connectivity index (χ2v) is 3.59. The van der Waals surface area contributed by atoms with Crippen LogP contribution < -0.4 is 5.32 Å². The number of hydrogen-bond donors (Lipinski definition) is 2. The van der Waals surface area contributed by atoms with Crippen LogP contribution in [0.3, 0.4) is 0 Å². The lowest BCUT2D eigenvalue weighted by molar-refractivity contribution is 0.181. The molecule has 14 heavy (non-hydrogen) atoms. The molecular formula is C11H14N2O. The average molecular weight is 190 g/mol. The van der Waals surface area contributed by atoms with Crippen molar-refractivity contribution in [2.75, 3.05) is 13.1 Å². The van der Waals surface area contributed by atoms with Crippen LogP contribution in [0.25, 0.3) is 0 Å². The fraction of sp³-hybridized carbons (Fsp3) is 0.364. The summed E-state index contributed by atoms with van der Waals surface area (Å²) in [6.07, 6.45) is -0.343. The summed E-state index contributed by atoms with van der Waals surface area (Å²) in [7, 11) is 0. The van der Waals surface area contributed by atoms with Crippen LogP contribution in [-0.4, -0.2) is 30.1 Å². The summed E-state index contributed by atoms with van der Waals surface area (Å²) in [6, 6.07) is 8.20. The van der Waals surface area contributed by atoms with E-state index in [9.17, 15) is 5.11 Å². The van der Waals surface area contributed by atoms with Gasteiger partial charge in [0.05, 0.1) is 12.6 Å². The number of aliphatic imine (C=N–C) groups is 1. The number of nitrogens with one attached hydrogen (secondary N) is 1. The molecule has 0 aromatic heterocycles. The highest BCUT2D eigenvalue weighted by molar-refractivity contribution is 5.99. The van der Waals surface area contributed by atoms with Gasteiger partial charge in [-0.1, -0.05) is 29.8 Å². The predicted molar refractivity (Wildman–Crippen MR) is 56.6 cm³/mol. The number of aliphatic hydroxyl groups excluding tert-OH is 1. The summed E-state index contributed by atoms with van der Waals surface area (Å²) >= 11 is 0. The summed E-state index contributed by atoms with van der Waals surface area (Å²) < 4.78 is 0. The maximum absolute atomic E-state index is 9.25. The second-order valence-electron chi connectivity index (χ2n) is 3.59. The van der Waals surface area contributed by atoms with E-state index in [1.54, 1.807) is 0 Å². The van der Waals surface area contributed by atoms with Crippen LogP contribution in [-0.2, 0) is 0 Å². The van der Waals surface area contributed by atoms with Crippen LogP contribution in [0.5, 0.6) is 0 Å². The fourth-order valence-electron chi connectivity index (χ4n) is 1.44. The first-order chi connectivity index (χ1) is 6.75. The van der Waals surface area contributed by atoms with Gasteiger partial charge >= 0.3 is 0 Å². The average Bonchev–Trinajstić information content (AvgIpc) is 2.21. The van der Waals surface area contributed by atoms with Crippen molar-refractivity contribution in [2.24, 2.45) is 4.99 Å². The van der Waals surface area contributed by atoms with Crippen molar-refractivity contribution in [1.82, 2.24) is 5.32 Å². The summed E-state index contributed by atoms with van der Waals surface area (Å²) in [5.74, 6) is 0.885. The van der Waals surface area contributed by atoms with Gasteiger partial charge in [-0.05, 0) is 6.92 Å². The summed E-state index contributed by atoms with van der Waals surface area (Å²) in [4.78, 5) is 4.27. The monoisotopic (exact) mass is 190 g/mol. The lowest BCUT2D eigenvalue weighted by atomic mass is 10.1. The Hall–Kier alpha value is -1.35. The number of rotatable bonds is 1. The molecule has 3 nitrogen and oxygen atoms in total. The third-order valence-corrected chi connectivity index (χ3v) is 2.29. The lowest BCUT2D eigenvalue weighted by Crippen LogP contribution is -2.39. The molecule has 74 valence electrons. The van der Waals surface area contributed by atoms with E-state index in [1.165, 1.54) is 5.56 Å². The fourth-order valence-corrected chi connectivity index (χ4v) is 1.44. The first kappa shape index (κ1) is 9.21. The maximum atomic E-state index is 9.25. The Morgan fingerprint density at radius 2 is 2.07 bits per heavy atom. The molecule has 1 unspecified atom stereocenters. The first-order valence-corrected chi connectivity index (χ1v) is 4.79. The van der Waals surface area contributed by atoms with E-state index in [0.29, 0.717) is 13.1 Å². The molecule has 2 rings (SSSR count). The maximum Gasteiger partial charge on any atom is 0.128 e. The Balaban J connectivity index is 2.19. The Morgan fingerprint density at radius 3 is 2.64 bits per heavy atom. The number of aliphatic hydroxyl groups is 1. The van der Waals surface area contributed by atoms with E-state index in [4.69, 9.17) is 0 Å². The van der Waals surface area contributed by atoms with Crippen molar-refractivity contribution < 1.29 is 5.11 Å². The highest BCUT2D eigenvalue weighted by Gasteiger charge is 2.12. The SMILES string of the molecule is Cc1ccc(C2=NCC(O)CN2)cc1. The van der Waals surface area contributed by atoms with Gasteiger partial charge in [-0.3, -0.25) is 4.99 Å². The van der Waals surface area contributed by atoms with Crippen LogP contribution in [0.4, 0.5) is 0 Å². The van der Waals surface area contributed by atoms with Crippen molar-refractivity contribution >= 4 is 5.84 Å². The molecule has 0 radical (unpaired) electrons. The van der Waals surface area contributed by atoms with Gasteiger partial charge in [0.1, 0.15) is 5.84 Å². The molecule has 3 heteroatoms. The minimum Gasteiger partial charge on any atom is -0.389 e.